The number of hydrogen-bond donors (Lipinski definition) is 2. The number of methoxy groups -OCH3 is 1. The van der Waals surface area contributed by atoms with Gasteiger partial charge in [-0.1, -0.05) is 6.07 Å². The molecule has 0 radical (unpaired) electrons. The van der Waals surface area contributed by atoms with Crippen molar-refractivity contribution in [1.29, 1.82) is 0 Å². The zero-order valence-corrected chi connectivity index (χ0v) is 14.0. The molecular weight excluding hydrogens is 296 g/mol. The molecule has 0 spiro atoms. The first-order valence-corrected chi connectivity index (χ1v) is 7.17. The number of benzene rings is 1. The van der Waals surface area contributed by atoms with Gasteiger partial charge in [-0.3, -0.25) is 10.00 Å². The molecule has 124 valence electrons. The van der Waals surface area contributed by atoms with Gasteiger partial charge in [0.15, 0.2) is 0 Å². The van der Waals surface area contributed by atoms with E-state index in [1.807, 2.05) is 6.07 Å². The number of ether oxygens (including phenoxy) is 2. The first-order valence-electron chi connectivity index (χ1n) is 7.17. The van der Waals surface area contributed by atoms with Crippen LogP contribution in [0.25, 0.3) is 11.1 Å². The Balaban J connectivity index is 2.33. The van der Waals surface area contributed by atoms with Gasteiger partial charge < -0.3 is 15.2 Å². The van der Waals surface area contributed by atoms with Crippen LogP contribution in [-0.4, -0.2) is 28.6 Å². The Bertz CT molecular complexity index is 717. The van der Waals surface area contributed by atoms with Crippen molar-refractivity contribution in [3.63, 3.8) is 0 Å². The van der Waals surface area contributed by atoms with E-state index in [-0.39, 0.29) is 0 Å². The first kappa shape index (κ1) is 16.7. The van der Waals surface area contributed by atoms with E-state index >= 15 is 0 Å². The number of rotatable bonds is 3. The van der Waals surface area contributed by atoms with Crippen molar-refractivity contribution in [3.8, 4) is 16.9 Å². The van der Waals surface area contributed by atoms with Crippen LogP contribution in [0.4, 0.5) is 16.3 Å². The molecule has 0 unspecified atom stereocenters. The van der Waals surface area contributed by atoms with E-state index in [0.29, 0.717) is 17.3 Å². The minimum Gasteiger partial charge on any atom is -0.495 e. The standard InChI is InChI=1S/C16H22N4O3/c1-16(2,3)23-15(21)19-12-8-10(6-7-13(12)22-5)11-9-18-20(4)14(11)17/h6-9H,17H2,1-5H3,(H,19,21). The van der Waals surface area contributed by atoms with Crippen LogP contribution in [0.1, 0.15) is 20.8 Å². The van der Waals surface area contributed by atoms with Gasteiger partial charge in [0, 0.05) is 12.6 Å². The van der Waals surface area contributed by atoms with Crippen molar-refractivity contribution < 1.29 is 14.3 Å². The number of nitrogen functional groups attached to an aromatic ring is 1. The monoisotopic (exact) mass is 318 g/mol. The van der Waals surface area contributed by atoms with Crippen LogP contribution in [-0.2, 0) is 11.8 Å². The molecule has 0 aliphatic heterocycles. The Morgan fingerprint density at radius 2 is 2.04 bits per heavy atom. The molecule has 1 aromatic carbocycles. The van der Waals surface area contributed by atoms with E-state index in [2.05, 4.69) is 10.4 Å². The average molecular weight is 318 g/mol. The van der Waals surface area contributed by atoms with Gasteiger partial charge in [0.25, 0.3) is 0 Å². The van der Waals surface area contributed by atoms with Crippen molar-refractivity contribution in [1.82, 2.24) is 9.78 Å². The number of nitrogens with one attached hydrogen (secondary N) is 1. The molecule has 2 rings (SSSR count). The number of aromatic nitrogens is 2. The molecule has 0 saturated carbocycles. The Labute approximate surface area is 135 Å². The lowest BCUT2D eigenvalue weighted by atomic mass is 10.1. The summed E-state index contributed by atoms with van der Waals surface area (Å²) in [5.74, 6) is 1.07. The van der Waals surface area contributed by atoms with Gasteiger partial charge in [-0.05, 0) is 38.5 Å². The first-order chi connectivity index (χ1) is 10.7. The van der Waals surface area contributed by atoms with Gasteiger partial charge in [-0.2, -0.15) is 5.10 Å². The summed E-state index contributed by atoms with van der Waals surface area (Å²) in [5, 5.41) is 6.82. The third kappa shape index (κ3) is 3.94. The molecule has 2 aromatic rings. The van der Waals surface area contributed by atoms with E-state index in [9.17, 15) is 4.79 Å². The fourth-order valence-corrected chi connectivity index (χ4v) is 2.06. The zero-order chi connectivity index (χ0) is 17.2. The summed E-state index contributed by atoms with van der Waals surface area (Å²) in [6, 6.07) is 5.39. The topological polar surface area (TPSA) is 91.4 Å². The second kappa shape index (κ2) is 6.20. The lowest BCUT2D eigenvalue weighted by molar-refractivity contribution is 0.0635. The van der Waals surface area contributed by atoms with Crippen molar-refractivity contribution >= 4 is 17.6 Å². The Kier molecular flexibility index (Phi) is 4.49. The maximum Gasteiger partial charge on any atom is 0.412 e. The van der Waals surface area contributed by atoms with Crippen LogP contribution in [0.15, 0.2) is 24.4 Å². The van der Waals surface area contributed by atoms with Gasteiger partial charge in [-0.15, -0.1) is 0 Å². The van der Waals surface area contributed by atoms with Crippen LogP contribution in [0, 0.1) is 0 Å². The van der Waals surface area contributed by atoms with Gasteiger partial charge >= 0.3 is 6.09 Å². The predicted octanol–water partition coefficient (Wildman–Crippen LogP) is 3.02. The number of nitrogens with zero attached hydrogens (tertiary/aromatic N) is 2. The van der Waals surface area contributed by atoms with Crippen molar-refractivity contribution in [3.05, 3.63) is 24.4 Å². The molecule has 0 aliphatic carbocycles. The molecule has 0 atom stereocenters. The number of carbonyl (C=O) groups is 1. The normalized spacial score (nSPS) is 11.2. The third-order valence-electron chi connectivity index (χ3n) is 3.13. The number of anilines is 2. The summed E-state index contributed by atoms with van der Waals surface area (Å²) < 4.78 is 12.1. The van der Waals surface area contributed by atoms with Crippen molar-refractivity contribution in [2.45, 2.75) is 26.4 Å². The summed E-state index contributed by atoms with van der Waals surface area (Å²) >= 11 is 0. The maximum absolute atomic E-state index is 12.0. The minimum atomic E-state index is -0.581. The maximum atomic E-state index is 12.0. The molecule has 3 N–H and O–H groups in total. The molecule has 7 nitrogen and oxygen atoms in total. The molecular formula is C16H22N4O3. The predicted molar refractivity (Wildman–Crippen MR) is 89.5 cm³/mol. The molecule has 0 bridgehead atoms. The van der Waals surface area contributed by atoms with Crippen LogP contribution < -0.4 is 15.8 Å². The van der Waals surface area contributed by atoms with Crippen LogP contribution in [0.3, 0.4) is 0 Å². The SMILES string of the molecule is COc1ccc(-c2cnn(C)c2N)cc1NC(=O)OC(C)(C)C. The van der Waals surface area contributed by atoms with Crippen LogP contribution >= 0.6 is 0 Å². The smallest absolute Gasteiger partial charge is 0.412 e. The number of aryl methyl sites for hydroxylation is 1. The number of amides is 1. The van der Waals surface area contributed by atoms with E-state index in [0.717, 1.165) is 11.1 Å². The van der Waals surface area contributed by atoms with Gasteiger partial charge in [-0.25, -0.2) is 4.79 Å². The fourth-order valence-electron chi connectivity index (χ4n) is 2.06. The number of carbonyl (C=O) groups excluding carboxylic acids is 1. The highest BCUT2D eigenvalue weighted by Crippen LogP contribution is 2.33. The summed E-state index contributed by atoms with van der Waals surface area (Å²) in [5.41, 5.74) is 7.52. The molecule has 7 heteroatoms. The van der Waals surface area contributed by atoms with Gasteiger partial charge in [0.2, 0.25) is 0 Å². The second-order valence-electron chi connectivity index (χ2n) is 6.11. The largest absolute Gasteiger partial charge is 0.495 e. The van der Waals surface area contributed by atoms with Crippen molar-refractivity contribution in [2.75, 3.05) is 18.2 Å². The van der Waals surface area contributed by atoms with Gasteiger partial charge in [0.05, 0.1) is 19.0 Å². The summed E-state index contributed by atoms with van der Waals surface area (Å²) in [6.07, 6.45) is 1.13. The molecule has 1 heterocycles. The minimum absolute atomic E-state index is 0.502. The Morgan fingerprint density at radius 3 is 2.57 bits per heavy atom. The summed E-state index contributed by atoms with van der Waals surface area (Å²) in [7, 11) is 3.30. The highest BCUT2D eigenvalue weighted by Gasteiger charge is 2.18. The lowest BCUT2D eigenvalue weighted by Gasteiger charge is -2.20. The average Bonchev–Trinajstić information content (AvgIpc) is 2.77. The number of hydrogen-bond acceptors (Lipinski definition) is 5. The molecule has 1 aromatic heterocycles. The summed E-state index contributed by atoms with van der Waals surface area (Å²) in [6.45, 7) is 5.41. The number of nitrogens with two attached hydrogens (primary N) is 1. The quantitative estimate of drug-likeness (QED) is 0.907. The highest BCUT2D eigenvalue weighted by molar-refractivity contribution is 5.89. The van der Waals surface area contributed by atoms with Crippen LogP contribution in [0.2, 0.25) is 0 Å². The van der Waals surface area contributed by atoms with E-state index in [1.54, 1.807) is 50.8 Å². The Morgan fingerprint density at radius 1 is 1.35 bits per heavy atom. The van der Waals surface area contributed by atoms with E-state index < -0.39 is 11.7 Å². The second-order valence-corrected chi connectivity index (χ2v) is 6.11. The van der Waals surface area contributed by atoms with Gasteiger partial charge in [0.1, 0.15) is 17.2 Å². The molecule has 23 heavy (non-hydrogen) atoms. The zero-order valence-electron chi connectivity index (χ0n) is 14.0. The van der Waals surface area contributed by atoms with Crippen LogP contribution in [0.5, 0.6) is 5.75 Å². The van der Waals surface area contributed by atoms with E-state index in [4.69, 9.17) is 15.2 Å². The molecule has 0 aliphatic rings. The van der Waals surface area contributed by atoms with E-state index in [1.165, 1.54) is 7.11 Å². The molecule has 0 saturated heterocycles. The highest BCUT2D eigenvalue weighted by atomic mass is 16.6. The van der Waals surface area contributed by atoms with Crippen molar-refractivity contribution in [2.24, 2.45) is 7.05 Å². The fraction of sp³-hybridized carbons (Fsp3) is 0.375. The molecule has 1 amide bonds. The third-order valence-corrected chi connectivity index (χ3v) is 3.13. The lowest BCUT2D eigenvalue weighted by Crippen LogP contribution is -2.27. The molecule has 0 fully saturated rings. The summed E-state index contributed by atoms with van der Waals surface area (Å²) in [4.78, 5) is 12.0. The Hall–Kier alpha value is -2.70.